The van der Waals surface area contributed by atoms with Crippen LogP contribution in [0.1, 0.15) is 27.6 Å². The van der Waals surface area contributed by atoms with Gasteiger partial charge in [0.2, 0.25) is 0 Å². The first-order valence-corrected chi connectivity index (χ1v) is 8.54. The normalized spacial score (nSPS) is 10.7. The number of nitro benzene ring substituents is 1. The molecule has 0 atom stereocenters. The SMILES string of the molecule is Cc1cc(OCc2ccc(C(=O)N(C)Cc3ccn(C)n3)o2)ccc1[N+](=O)[O-]. The van der Waals surface area contributed by atoms with Gasteiger partial charge < -0.3 is 14.1 Å². The average Bonchev–Trinajstić information content (AvgIpc) is 3.28. The van der Waals surface area contributed by atoms with Gasteiger partial charge in [0.05, 0.1) is 17.2 Å². The number of rotatable bonds is 7. The Morgan fingerprint density at radius 3 is 2.75 bits per heavy atom. The first-order valence-electron chi connectivity index (χ1n) is 8.54. The van der Waals surface area contributed by atoms with E-state index in [-0.39, 0.29) is 24.0 Å². The lowest BCUT2D eigenvalue weighted by Crippen LogP contribution is -2.26. The van der Waals surface area contributed by atoms with Gasteiger partial charge in [-0.2, -0.15) is 5.10 Å². The molecule has 9 heteroatoms. The number of aryl methyl sites for hydroxylation is 2. The number of ether oxygens (including phenoxy) is 1. The van der Waals surface area contributed by atoms with E-state index in [9.17, 15) is 14.9 Å². The van der Waals surface area contributed by atoms with Crippen molar-refractivity contribution in [2.24, 2.45) is 7.05 Å². The maximum absolute atomic E-state index is 12.5. The van der Waals surface area contributed by atoms with Crippen molar-refractivity contribution >= 4 is 11.6 Å². The minimum atomic E-state index is -0.439. The second kappa shape index (κ2) is 7.95. The highest BCUT2D eigenvalue weighted by molar-refractivity contribution is 5.91. The summed E-state index contributed by atoms with van der Waals surface area (Å²) in [5, 5.41) is 15.1. The van der Waals surface area contributed by atoms with Crippen LogP contribution in [-0.2, 0) is 20.2 Å². The molecule has 0 saturated carbocycles. The van der Waals surface area contributed by atoms with E-state index < -0.39 is 4.92 Å². The number of carbonyl (C=O) groups is 1. The van der Waals surface area contributed by atoms with E-state index in [2.05, 4.69) is 5.10 Å². The Morgan fingerprint density at radius 1 is 1.32 bits per heavy atom. The number of carbonyl (C=O) groups excluding carboxylic acids is 1. The Bertz CT molecular complexity index is 1010. The molecular formula is C19H20N4O5. The Hall–Kier alpha value is -3.62. The van der Waals surface area contributed by atoms with Crippen molar-refractivity contribution in [2.75, 3.05) is 7.05 Å². The summed E-state index contributed by atoms with van der Waals surface area (Å²) in [5.74, 6) is 0.908. The molecule has 2 heterocycles. The third-order valence-electron chi connectivity index (χ3n) is 4.13. The summed E-state index contributed by atoms with van der Waals surface area (Å²) >= 11 is 0. The molecule has 3 rings (SSSR count). The molecule has 9 nitrogen and oxygen atoms in total. The van der Waals surface area contributed by atoms with Crippen molar-refractivity contribution in [3.05, 3.63) is 75.5 Å². The maximum Gasteiger partial charge on any atom is 0.289 e. The van der Waals surface area contributed by atoms with E-state index in [0.717, 1.165) is 5.69 Å². The molecular weight excluding hydrogens is 364 g/mol. The highest BCUT2D eigenvalue weighted by Crippen LogP contribution is 2.24. The first-order chi connectivity index (χ1) is 13.3. The van der Waals surface area contributed by atoms with Crippen LogP contribution in [0.15, 0.2) is 47.0 Å². The molecule has 0 bridgehead atoms. The lowest BCUT2D eigenvalue weighted by Gasteiger charge is -2.14. The molecule has 0 aliphatic rings. The molecule has 1 aromatic carbocycles. The predicted molar refractivity (Wildman–Crippen MR) is 99.9 cm³/mol. The van der Waals surface area contributed by atoms with E-state index in [0.29, 0.717) is 23.6 Å². The predicted octanol–water partition coefficient (Wildman–Crippen LogP) is 3.08. The van der Waals surface area contributed by atoms with Gasteiger partial charge in [-0.3, -0.25) is 19.6 Å². The summed E-state index contributed by atoms with van der Waals surface area (Å²) in [5.41, 5.74) is 1.32. The van der Waals surface area contributed by atoms with Gasteiger partial charge in [-0.15, -0.1) is 0 Å². The molecule has 0 aliphatic heterocycles. The van der Waals surface area contributed by atoms with Gasteiger partial charge >= 0.3 is 0 Å². The van der Waals surface area contributed by atoms with E-state index in [4.69, 9.17) is 9.15 Å². The summed E-state index contributed by atoms with van der Waals surface area (Å²) in [6.45, 7) is 2.12. The Kier molecular flexibility index (Phi) is 5.44. The van der Waals surface area contributed by atoms with Crippen LogP contribution in [-0.4, -0.2) is 32.6 Å². The molecule has 0 radical (unpaired) electrons. The first kappa shape index (κ1) is 19.2. The number of aromatic nitrogens is 2. The zero-order chi connectivity index (χ0) is 20.3. The molecule has 0 N–H and O–H groups in total. The van der Waals surface area contributed by atoms with E-state index in [1.165, 1.54) is 17.0 Å². The number of benzene rings is 1. The highest BCUT2D eigenvalue weighted by Gasteiger charge is 2.17. The van der Waals surface area contributed by atoms with Gasteiger partial charge in [-0.05, 0) is 37.3 Å². The van der Waals surface area contributed by atoms with Crippen LogP contribution in [0.2, 0.25) is 0 Å². The van der Waals surface area contributed by atoms with Crippen molar-refractivity contribution < 1.29 is 18.9 Å². The summed E-state index contributed by atoms with van der Waals surface area (Å²) in [6.07, 6.45) is 1.82. The highest BCUT2D eigenvalue weighted by atomic mass is 16.6. The number of furan rings is 1. The zero-order valence-corrected chi connectivity index (χ0v) is 15.8. The second-order valence-corrected chi connectivity index (χ2v) is 6.40. The fourth-order valence-corrected chi connectivity index (χ4v) is 2.70. The molecule has 1 amide bonds. The molecule has 28 heavy (non-hydrogen) atoms. The summed E-state index contributed by atoms with van der Waals surface area (Å²) in [4.78, 5) is 24.4. The van der Waals surface area contributed by atoms with E-state index >= 15 is 0 Å². The summed E-state index contributed by atoms with van der Waals surface area (Å²) in [7, 11) is 3.49. The van der Waals surface area contributed by atoms with Crippen LogP contribution in [0.4, 0.5) is 5.69 Å². The molecule has 2 aromatic heterocycles. The van der Waals surface area contributed by atoms with Crippen LogP contribution < -0.4 is 4.74 Å². The fourth-order valence-electron chi connectivity index (χ4n) is 2.70. The number of hydrogen-bond acceptors (Lipinski definition) is 6. The third kappa shape index (κ3) is 4.37. The van der Waals surface area contributed by atoms with Crippen molar-refractivity contribution in [1.29, 1.82) is 0 Å². The number of hydrogen-bond donors (Lipinski definition) is 0. The van der Waals surface area contributed by atoms with Crippen molar-refractivity contribution in [1.82, 2.24) is 14.7 Å². The standard InChI is InChI=1S/C19H20N4O5/c1-13-10-15(4-6-17(13)23(25)26)27-12-16-5-7-18(28-16)19(24)21(2)11-14-8-9-22(3)20-14/h4-10H,11-12H2,1-3H3. The smallest absolute Gasteiger partial charge is 0.289 e. The van der Waals surface area contributed by atoms with Crippen molar-refractivity contribution in [3.8, 4) is 5.75 Å². The molecule has 0 fully saturated rings. The van der Waals surface area contributed by atoms with Gasteiger partial charge in [0, 0.05) is 31.9 Å². The molecule has 3 aromatic rings. The quantitative estimate of drug-likeness (QED) is 0.458. The van der Waals surface area contributed by atoms with Crippen LogP contribution >= 0.6 is 0 Å². The summed E-state index contributed by atoms with van der Waals surface area (Å²) in [6, 6.07) is 9.62. The minimum Gasteiger partial charge on any atom is -0.486 e. The Morgan fingerprint density at radius 2 is 2.11 bits per heavy atom. The number of amides is 1. The van der Waals surface area contributed by atoms with Gasteiger partial charge in [-0.25, -0.2) is 0 Å². The third-order valence-corrected chi connectivity index (χ3v) is 4.13. The van der Waals surface area contributed by atoms with Crippen LogP contribution in [0.5, 0.6) is 5.75 Å². The average molecular weight is 384 g/mol. The summed E-state index contributed by atoms with van der Waals surface area (Å²) < 4.78 is 12.9. The molecule has 0 unspecified atom stereocenters. The van der Waals surface area contributed by atoms with Gasteiger partial charge in [0.15, 0.2) is 5.76 Å². The van der Waals surface area contributed by atoms with Crippen molar-refractivity contribution in [2.45, 2.75) is 20.1 Å². The second-order valence-electron chi connectivity index (χ2n) is 6.40. The van der Waals surface area contributed by atoms with Gasteiger partial charge in [0.25, 0.3) is 11.6 Å². The fraction of sp³-hybridized carbons (Fsp3) is 0.263. The lowest BCUT2D eigenvalue weighted by molar-refractivity contribution is -0.385. The Balaban J connectivity index is 1.59. The number of nitrogens with zero attached hydrogens (tertiary/aromatic N) is 4. The monoisotopic (exact) mass is 384 g/mol. The van der Waals surface area contributed by atoms with Crippen LogP contribution in [0.3, 0.4) is 0 Å². The van der Waals surface area contributed by atoms with Gasteiger partial charge in [0.1, 0.15) is 18.1 Å². The maximum atomic E-state index is 12.5. The topological polar surface area (TPSA) is 104 Å². The lowest BCUT2D eigenvalue weighted by atomic mass is 10.2. The van der Waals surface area contributed by atoms with Gasteiger partial charge in [-0.1, -0.05) is 0 Å². The molecule has 0 spiro atoms. The largest absolute Gasteiger partial charge is 0.486 e. The molecule has 0 saturated heterocycles. The molecule has 0 aliphatic carbocycles. The Labute approximate surface area is 161 Å². The zero-order valence-electron chi connectivity index (χ0n) is 15.8. The molecule has 146 valence electrons. The minimum absolute atomic E-state index is 0.0363. The van der Waals surface area contributed by atoms with E-state index in [1.807, 2.05) is 19.3 Å². The van der Waals surface area contributed by atoms with Crippen molar-refractivity contribution in [3.63, 3.8) is 0 Å². The number of nitro groups is 1. The van der Waals surface area contributed by atoms with Crippen LogP contribution in [0.25, 0.3) is 0 Å². The van der Waals surface area contributed by atoms with E-state index in [1.54, 1.807) is 36.9 Å². The van der Waals surface area contributed by atoms with Crippen LogP contribution in [0, 0.1) is 17.0 Å².